The summed E-state index contributed by atoms with van der Waals surface area (Å²) in [5.74, 6) is 3.04. The molecule has 174 valence electrons. The maximum atomic E-state index is 4.85. The summed E-state index contributed by atoms with van der Waals surface area (Å²) in [4.78, 5) is 0. The third kappa shape index (κ3) is 19.6. The van der Waals surface area contributed by atoms with Crippen molar-refractivity contribution >= 4 is 27.3 Å². The number of rotatable bonds is 18. The van der Waals surface area contributed by atoms with E-state index in [1.165, 1.54) is 77.0 Å². The van der Waals surface area contributed by atoms with E-state index in [4.69, 9.17) is 19.4 Å². The molecule has 0 nitrogen and oxygen atoms in total. The molecule has 28 heavy (non-hydrogen) atoms. The molecular weight excluding hydrogens is 491 g/mol. The van der Waals surface area contributed by atoms with E-state index < -0.39 is 0 Å². The van der Waals surface area contributed by atoms with Crippen molar-refractivity contribution in [3.8, 4) is 0 Å². The van der Waals surface area contributed by atoms with Gasteiger partial charge in [-0.25, -0.2) is 0 Å². The van der Waals surface area contributed by atoms with E-state index in [1.54, 1.807) is 18.5 Å². The summed E-state index contributed by atoms with van der Waals surface area (Å²) in [6.45, 7) is 14.4. The van der Waals surface area contributed by atoms with E-state index in [-0.39, 0.29) is 23.1 Å². The third-order valence-electron chi connectivity index (χ3n) is 6.18. The molecule has 0 radical (unpaired) electrons. The molecule has 0 aromatic heterocycles. The van der Waals surface area contributed by atoms with Crippen molar-refractivity contribution in [1.29, 1.82) is 0 Å². The molecule has 0 amide bonds. The van der Waals surface area contributed by atoms with E-state index in [2.05, 4.69) is 41.5 Å². The first-order valence-corrected chi connectivity index (χ1v) is 18.5. The first-order valence-electron chi connectivity index (χ1n) is 12.1. The Morgan fingerprint density at radius 3 is 1.00 bits per heavy atom. The van der Waals surface area contributed by atoms with Crippen LogP contribution in [0.4, 0.5) is 0 Å². The second-order valence-electron chi connectivity index (χ2n) is 8.52. The van der Waals surface area contributed by atoms with Crippen molar-refractivity contribution in [2.75, 3.05) is 18.5 Å². The van der Waals surface area contributed by atoms with Gasteiger partial charge in [0.05, 0.1) is 0 Å². The summed E-state index contributed by atoms with van der Waals surface area (Å²) in [5, 5.41) is 0. The van der Waals surface area contributed by atoms with Crippen LogP contribution in [0.2, 0.25) is 0 Å². The quantitative estimate of drug-likeness (QED) is 0.119. The average molecular weight is 543 g/mol. The molecule has 0 spiro atoms. The molecule has 0 aromatic rings. The van der Waals surface area contributed by atoms with Crippen LogP contribution in [-0.2, 0) is 15.1 Å². The van der Waals surface area contributed by atoms with Crippen LogP contribution in [0.15, 0.2) is 0 Å². The Balaban J connectivity index is 0. The van der Waals surface area contributed by atoms with Crippen LogP contribution in [-0.4, -0.2) is 18.5 Å². The number of unbranched alkanes of at least 4 members (excludes halogenated alkanes) is 3. The molecule has 0 aliphatic heterocycles. The fourth-order valence-corrected chi connectivity index (χ4v) is 8.03. The molecule has 0 rings (SSSR count). The van der Waals surface area contributed by atoms with Crippen LogP contribution < -0.4 is 0 Å². The fraction of sp³-hybridized carbons (Fsp3) is 1.00. The predicted octanol–water partition coefficient (Wildman–Crippen LogP) is 10.5. The molecule has 4 heteroatoms. The van der Waals surface area contributed by atoms with Crippen molar-refractivity contribution in [3.63, 3.8) is 0 Å². The zero-order valence-electron chi connectivity index (χ0n) is 19.9. The molecule has 0 fully saturated rings. The van der Waals surface area contributed by atoms with Gasteiger partial charge in [0.15, 0.2) is 0 Å². The van der Waals surface area contributed by atoms with Gasteiger partial charge in [-0.05, 0) is 36.2 Å². The topological polar surface area (TPSA) is 0 Å². The SMILES string of the molecule is CCCCC(CC)CP(CC(CC)CCCC)CC(CC)CCCC.[Cl][Ru][Cl]. The van der Waals surface area contributed by atoms with Crippen LogP contribution in [0.5, 0.6) is 0 Å². The van der Waals surface area contributed by atoms with E-state index in [9.17, 15) is 0 Å². The molecule has 3 atom stereocenters. The van der Waals surface area contributed by atoms with Gasteiger partial charge in [-0.1, -0.05) is 119 Å². The first-order chi connectivity index (χ1) is 13.6. The molecule has 0 aliphatic carbocycles. The van der Waals surface area contributed by atoms with Crippen molar-refractivity contribution in [2.24, 2.45) is 17.8 Å². The Morgan fingerprint density at radius 1 is 0.571 bits per heavy atom. The summed E-state index contributed by atoms with van der Waals surface area (Å²) in [7, 11) is 9.96. The number of hydrogen-bond donors (Lipinski definition) is 0. The Kier molecular flexibility index (Phi) is 28.3. The second-order valence-corrected chi connectivity index (χ2v) is 13.6. The zero-order valence-corrected chi connectivity index (χ0v) is 24.0. The monoisotopic (exact) mass is 542 g/mol. The average Bonchev–Trinajstić information content (AvgIpc) is 2.71. The Morgan fingerprint density at radius 2 is 0.821 bits per heavy atom. The van der Waals surface area contributed by atoms with Crippen molar-refractivity contribution in [2.45, 2.75) is 119 Å². The van der Waals surface area contributed by atoms with Gasteiger partial charge in [0, 0.05) is 0 Å². The molecule has 0 heterocycles. The van der Waals surface area contributed by atoms with Crippen LogP contribution in [0, 0.1) is 17.8 Å². The third-order valence-corrected chi connectivity index (χ3v) is 9.28. The van der Waals surface area contributed by atoms with Crippen LogP contribution >= 0.6 is 27.3 Å². The minimum absolute atomic E-state index is 0.254. The normalized spacial score (nSPS) is 15.6. The van der Waals surface area contributed by atoms with Gasteiger partial charge >= 0.3 is 34.5 Å². The Labute approximate surface area is 196 Å². The van der Waals surface area contributed by atoms with Gasteiger partial charge in [-0.3, -0.25) is 0 Å². The summed E-state index contributed by atoms with van der Waals surface area (Å²) < 4.78 is 0. The van der Waals surface area contributed by atoms with E-state index in [0.717, 1.165) is 17.8 Å². The van der Waals surface area contributed by atoms with Crippen LogP contribution in [0.3, 0.4) is 0 Å². The molecule has 0 aliphatic rings. The van der Waals surface area contributed by atoms with Gasteiger partial charge in [0.1, 0.15) is 0 Å². The summed E-state index contributed by atoms with van der Waals surface area (Å²) >= 11 is -0.346. The summed E-state index contributed by atoms with van der Waals surface area (Å²) in [5.41, 5.74) is 0. The van der Waals surface area contributed by atoms with Gasteiger partial charge in [0.2, 0.25) is 0 Å². The van der Waals surface area contributed by atoms with Crippen molar-refractivity contribution < 1.29 is 15.1 Å². The fourth-order valence-electron chi connectivity index (χ4n) is 4.07. The van der Waals surface area contributed by atoms with Crippen LogP contribution in [0.25, 0.3) is 0 Å². The second kappa shape index (κ2) is 24.9. The number of hydrogen-bond acceptors (Lipinski definition) is 0. The zero-order chi connectivity index (χ0) is 21.6. The predicted molar refractivity (Wildman–Crippen MR) is 133 cm³/mol. The van der Waals surface area contributed by atoms with E-state index >= 15 is 0 Å². The summed E-state index contributed by atoms with van der Waals surface area (Å²) in [6.07, 6.45) is 21.9. The molecular formula is C24H51Cl2PRu. The Hall–Kier alpha value is 1.63. The molecule has 0 saturated carbocycles. The molecule has 3 unspecified atom stereocenters. The van der Waals surface area contributed by atoms with Gasteiger partial charge < -0.3 is 0 Å². The van der Waals surface area contributed by atoms with E-state index in [1.807, 2.05) is 0 Å². The Bertz CT molecular complexity index is 249. The van der Waals surface area contributed by atoms with Gasteiger partial charge in [-0.15, -0.1) is 7.92 Å². The minimum atomic E-state index is -0.346. The van der Waals surface area contributed by atoms with Crippen molar-refractivity contribution in [1.82, 2.24) is 0 Å². The summed E-state index contributed by atoms with van der Waals surface area (Å²) in [6, 6.07) is 0. The van der Waals surface area contributed by atoms with Gasteiger partial charge in [0.25, 0.3) is 0 Å². The van der Waals surface area contributed by atoms with E-state index in [0.29, 0.717) is 0 Å². The van der Waals surface area contributed by atoms with Crippen LogP contribution in [0.1, 0.15) is 119 Å². The first kappa shape index (κ1) is 31.8. The molecule has 0 bridgehead atoms. The van der Waals surface area contributed by atoms with Gasteiger partial charge in [-0.2, -0.15) is 0 Å². The standard InChI is InChI=1S/C24H51P.2ClH.Ru/c1-7-13-16-22(10-4)19-25(20-23(11-5)17-14-8-2)21-24(12-6)18-15-9-3;;;/h22-24H,7-21H2,1-6H3;2*1H;/q;;;+2/p-2. The molecule has 0 aromatic carbocycles. The van der Waals surface area contributed by atoms with Crippen molar-refractivity contribution in [3.05, 3.63) is 0 Å². The number of halogens is 2. The maximum absolute atomic E-state index is 4.85. The molecule has 0 saturated heterocycles. The molecule has 0 N–H and O–H groups in total.